The predicted molar refractivity (Wildman–Crippen MR) is 59.8 cm³/mol. The molecule has 0 N–H and O–H groups in total. The molecule has 0 bridgehead atoms. The fourth-order valence-corrected chi connectivity index (χ4v) is 2.38. The quantitative estimate of drug-likeness (QED) is 0.594. The van der Waals surface area contributed by atoms with Crippen LogP contribution in [0.15, 0.2) is 0 Å². The molecule has 1 saturated carbocycles. The Hall–Kier alpha value is 0. The van der Waals surface area contributed by atoms with Gasteiger partial charge in [0.1, 0.15) is 0 Å². The maximum absolute atomic E-state index is 2.41. The van der Waals surface area contributed by atoms with E-state index in [1.807, 2.05) is 0 Å². The Labute approximate surface area is 84.1 Å². The third-order valence-electron chi connectivity index (χ3n) is 3.70. The van der Waals surface area contributed by atoms with Crippen LogP contribution in [-0.2, 0) is 0 Å². The van der Waals surface area contributed by atoms with Crippen molar-refractivity contribution in [3.63, 3.8) is 0 Å². The molecule has 1 aliphatic carbocycles. The van der Waals surface area contributed by atoms with E-state index in [1.54, 1.807) is 0 Å². The van der Waals surface area contributed by atoms with Crippen LogP contribution < -0.4 is 0 Å². The Morgan fingerprint density at radius 3 is 2.15 bits per heavy atom. The first-order chi connectivity index (χ1) is 6.04. The van der Waals surface area contributed by atoms with Gasteiger partial charge in [-0.1, -0.05) is 59.8 Å². The normalized spacial score (nSPS) is 21.2. The summed E-state index contributed by atoms with van der Waals surface area (Å²) in [5.41, 5.74) is 0.533. The summed E-state index contributed by atoms with van der Waals surface area (Å²) < 4.78 is 0. The van der Waals surface area contributed by atoms with E-state index in [0.29, 0.717) is 5.41 Å². The van der Waals surface area contributed by atoms with Gasteiger partial charge in [0.15, 0.2) is 0 Å². The molecular weight excluding hydrogens is 156 g/mol. The van der Waals surface area contributed by atoms with Crippen LogP contribution in [0.1, 0.15) is 66.2 Å². The minimum Gasteiger partial charge on any atom is -0.0654 e. The van der Waals surface area contributed by atoms with E-state index >= 15 is 0 Å². The van der Waals surface area contributed by atoms with Crippen LogP contribution in [0.5, 0.6) is 0 Å². The van der Waals surface area contributed by atoms with E-state index in [1.165, 1.54) is 38.5 Å². The zero-order valence-electron chi connectivity index (χ0n) is 9.90. The number of rotatable bonds is 4. The molecule has 0 nitrogen and oxygen atoms in total. The lowest BCUT2D eigenvalue weighted by molar-refractivity contribution is 0.147. The van der Waals surface area contributed by atoms with Gasteiger partial charge < -0.3 is 0 Å². The van der Waals surface area contributed by atoms with Gasteiger partial charge in [0, 0.05) is 0 Å². The summed E-state index contributed by atoms with van der Waals surface area (Å²) in [6, 6.07) is 0. The van der Waals surface area contributed by atoms with Gasteiger partial charge in [0.2, 0.25) is 0 Å². The lowest BCUT2D eigenvalue weighted by atomic mass is 9.69. The maximum Gasteiger partial charge on any atom is -0.0354 e. The van der Waals surface area contributed by atoms with Crippen molar-refractivity contribution in [2.75, 3.05) is 0 Å². The summed E-state index contributed by atoms with van der Waals surface area (Å²) in [6.07, 6.45) is 8.80. The summed E-state index contributed by atoms with van der Waals surface area (Å²) in [6.45, 7) is 9.55. The van der Waals surface area contributed by atoms with Crippen LogP contribution in [0.3, 0.4) is 0 Å². The Morgan fingerprint density at radius 2 is 1.85 bits per heavy atom. The van der Waals surface area contributed by atoms with Gasteiger partial charge in [-0.15, -0.1) is 0 Å². The van der Waals surface area contributed by atoms with Crippen molar-refractivity contribution in [3.8, 4) is 0 Å². The molecule has 0 aromatic rings. The minimum atomic E-state index is 0.533. The lowest BCUT2D eigenvalue weighted by Crippen LogP contribution is -2.25. The van der Waals surface area contributed by atoms with Crippen molar-refractivity contribution in [1.29, 1.82) is 0 Å². The molecule has 1 unspecified atom stereocenters. The molecule has 78 valence electrons. The molecule has 0 aliphatic heterocycles. The standard InChI is InChI=1S/C13H26/c1-5-7-12(13(2,3)4)10-11-8-6-9-11/h11-12H,5-10H2,1-4H3. The minimum absolute atomic E-state index is 0.533. The SMILES string of the molecule is CCCC(CC1CCC1)C(C)(C)C. The maximum atomic E-state index is 2.41. The van der Waals surface area contributed by atoms with Crippen LogP contribution in [0.4, 0.5) is 0 Å². The third-order valence-corrected chi connectivity index (χ3v) is 3.70. The van der Waals surface area contributed by atoms with E-state index < -0.39 is 0 Å². The average molecular weight is 182 g/mol. The largest absolute Gasteiger partial charge is 0.0654 e. The fourth-order valence-electron chi connectivity index (χ4n) is 2.38. The van der Waals surface area contributed by atoms with Crippen molar-refractivity contribution < 1.29 is 0 Å². The molecule has 1 fully saturated rings. The molecule has 0 spiro atoms. The molecule has 13 heavy (non-hydrogen) atoms. The van der Waals surface area contributed by atoms with Crippen LogP contribution in [0, 0.1) is 17.3 Å². The van der Waals surface area contributed by atoms with Crippen molar-refractivity contribution >= 4 is 0 Å². The summed E-state index contributed by atoms with van der Waals surface area (Å²) in [4.78, 5) is 0. The van der Waals surface area contributed by atoms with Crippen molar-refractivity contribution in [2.45, 2.75) is 66.2 Å². The molecule has 0 radical (unpaired) electrons. The van der Waals surface area contributed by atoms with Crippen LogP contribution >= 0.6 is 0 Å². The van der Waals surface area contributed by atoms with Gasteiger partial charge in [-0.05, 0) is 23.7 Å². The second-order valence-corrected chi connectivity index (χ2v) is 5.88. The molecule has 1 aliphatic rings. The van der Waals surface area contributed by atoms with E-state index in [-0.39, 0.29) is 0 Å². The van der Waals surface area contributed by atoms with E-state index in [0.717, 1.165) is 11.8 Å². The molecule has 0 amide bonds. The van der Waals surface area contributed by atoms with Crippen LogP contribution in [0.25, 0.3) is 0 Å². The summed E-state index contributed by atoms with van der Waals surface area (Å²) in [5, 5.41) is 0. The summed E-state index contributed by atoms with van der Waals surface area (Å²) in [7, 11) is 0. The van der Waals surface area contributed by atoms with E-state index in [9.17, 15) is 0 Å². The number of hydrogen-bond acceptors (Lipinski definition) is 0. The monoisotopic (exact) mass is 182 g/mol. The zero-order valence-corrected chi connectivity index (χ0v) is 9.90. The van der Waals surface area contributed by atoms with Crippen LogP contribution in [0.2, 0.25) is 0 Å². The Kier molecular flexibility index (Phi) is 3.82. The summed E-state index contributed by atoms with van der Waals surface area (Å²) >= 11 is 0. The highest BCUT2D eigenvalue weighted by atomic mass is 14.3. The highest BCUT2D eigenvalue weighted by Gasteiger charge is 2.28. The van der Waals surface area contributed by atoms with Gasteiger partial charge in [-0.2, -0.15) is 0 Å². The Morgan fingerprint density at radius 1 is 1.23 bits per heavy atom. The van der Waals surface area contributed by atoms with Gasteiger partial charge >= 0.3 is 0 Å². The topological polar surface area (TPSA) is 0 Å². The van der Waals surface area contributed by atoms with Crippen molar-refractivity contribution in [3.05, 3.63) is 0 Å². The molecule has 0 saturated heterocycles. The molecule has 1 rings (SSSR count). The predicted octanol–water partition coefficient (Wildman–Crippen LogP) is 4.64. The molecular formula is C13H26. The third kappa shape index (κ3) is 3.32. The van der Waals surface area contributed by atoms with Gasteiger partial charge in [-0.25, -0.2) is 0 Å². The molecule has 1 atom stereocenters. The van der Waals surface area contributed by atoms with Crippen LogP contribution in [-0.4, -0.2) is 0 Å². The lowest BCUT2D eigenvalue weighted by Gasteiger charge is -2.36. The molecule has 0 heterocycles. The highest BCUT2D eigenvalue weighted by Crippen LogP contribution is 2.40. The summed E-state index contributed by atoms with van der Waals surface area (Å²) in [5.74, 6) is 2.04. The van der Waals surface area contributed by atoms with Gasteiger partial charge in [0.05, 0.1) is 0 Å². The smallest absolute Gasteiger partial charge is 0.0354 e. The van der Waals surface area contributed by atoms with Crippen molar-refractivity contribution in [2.24, 2.45) is 17.3 Å². The first-order valence-electron chi connectivity index (χ1n) is 6.04. The fraction of sp³-hybridized carbons (Fsp3) is 1.00. The van der Waals surface area contributed by atoms with E-state index in [2.05, 4.69) is 27.7 Å². The second kappa shape index (κ2) is 4.48. The first-order valence-corrected chi connectivity index (χ1v) is 6.04. The van der Waals surface area contributed by atoms with Gasteiger partial charge in [0.25, 0.3) is 0 Å². The average Bonchev–Trinajstić information content (AvgIpc) is 1.91. The van der Waals surface area contributed by atoms with Crippen molar-refractivity contribution in [1.82, 2.24) is 0 Å². The Balaban J connectivity index is 2.36. The van der Waals surface area contributed by atoms with E-state index in [4.69, 9.17) is 0 Å². The zero-order chi connectivity index (χ0) is 9.90. The molecule has 0 aromatic heterocycles. The number of hydrogen-bond donors (Lipinski definition) is 0. The molecule has 0 heteroatoms. The highest BCUT2D eigenvalue weighted by molar-refractivity contribution is 4.80. The second-order valence-electron chi connectivity index (χ2n) is 5.88. The first kappa shape index (κ1) is 11.1. The van der Waals surface area contributed by atoms with Gasteiger partial charge in [-0.3, -0.25) is 0 Å². The molecule has 0 aromatic carbocycles. The Bertz CT molecular complexity index is 137.